The molecule has 0 aliphatic heterocycles. The minimum Gasteiger partial charge on any atom is -0.481 e. The van der Waals surface area contributed by atoms with Gasteiger partial charge in [0.15, 0.2) is 0 Å². The molecule has 1 aromatic carbocycles. The third kappa shape index (κ3) is 2.32. The maximum Gasteiger partial charge on any atom is 0.314 e. The maximum atomic E-state index is 10.5. The first-order chi connectivity index (χ1) is 9.24. The van der Waals surface area contributed by atoms with E-state index in [1.807, 2.05) is 24.3 Å². The van der Waals surface area contributed by atoms with Crippen LogP contribution in [0.4, 0.5) is 0 Å². The topological polar surface area (TPSA) is 89.4 Å². The summed E-state index contributed by atoms with van der Waals surface area (Å²) < 4.78 is 10.8. The first-order valence-corrected chi connectivity index (χ1v) is 6.37. The first-order valence-electron chi connectivity index (χ1n) is 5.39. The summed E-state index contributed by atoms with van der Waals surface area (Å²) in [5.74, 6) is -0.732. The lowest BCUT2D eigenvalue weighted by molar-refractivity contribution is -0.133. The lowest BCUT2D eigenvalue weighted by atomic mass is 10.2. The smallest absolute Gasteiger partial charge is 0.314 e. The van der Waals surface area contributed by atoms with Gasteiger partial charge >= 0.3 is 5.97 Å². The lowest BCUT2D eigenvalue weighted by Gasteiger charge is -1.90. The minimum atomic E-state index is -0.932. The van der Waals surface area contributed by atoms with Crippen molar-refractivity contribution in [1.82, 2.24) is 10.2 Å². The molecule has 0 saturated heterocycles. The van der Waals surface area contributed by atoms with Gasteiger partial charge in [0.1, 0.15) is 17.6 Å². The van der Waals surface area contributed by atoms with Crippen LogP contribution in [0.2, 0.25) is 0 Å². The van der Waals surface area contributed by atoms with E-state index in [4.69, 9.17) is 13.9 Å². The highest BCUT2D eigenvalue weighted by Crippen LogP contribution is 2.30. The molecule has 96 valence electrons. The molecule has 0 unspecified atom stereocenters. The number of para-hydroxylation sites is 1. The van der Waals surface area contributed by atoms with Crippen molar-refractivity contribution in [1.29, 1.82) is 0 Å². The zero-order valence-corrected chi connectivity index (χ0v) is 10.4. The Morgan fingerprint density at radius 1 is 1.32 bits per heavy atom. The first kappa shape index (κ1) is 11.8. The molecule has 0 amide bonds. The van der Waals surface area contributed by atoms with Gasteiger partial charge in [-0.15, -0.1) is 10.2 Å². The number of aliphatic carboxylic acids is 1. The van der Waals surface area contributed by atoms with Crippen molar-refractivity contribution in [3.63, 3.8) is 0 Å². The number of fused-ring (bicyclic) bond motifs is 1. The summed E-state index contributed by atoms with van der Waals surface area (Å²) in [7, 11) is 0. The van der Waals surface area contributed by atoms with Crippen LogP contribution in [0, 0.1) is 0 Å². The summed E-state index contributed by atoms with van der Waals surface area (Å²) in [4.78, 5) is 10.5. The normalized spacial score (nSPS) is 10.9. The number of carboxylic acid groups (broad SMARTS) is 1. The minimum absolute atomic E-state index is 0.117. The summed E-state index contributed by atoms with van der Waals surface area (Å²) in [6.45, 7) is 0. The Hall–Kier alpha value is -2.28. The highest BCUT2D eigenvalue weighted by Gasteiger charge is 2.15. The SMILES string of the molecule is O=C(O)CSc1nnc(-c2coc3ccccc23)o1. The van der Waals surface area contributed by atoms with Crippen LogP contribution in [0.3, 0.4) is 0 Å². The molecule has 0 atom stereocenters. The maximum absolute atomic E-state index is 10.5. The van der Waals surface area contributed by atoms with Crippen LogP contribution >= 0.6 is 11.8 Å². The third-order valence-electron chi connectivity index (χ3n) is 2.44. The van der Waals surface area contributed by atoms with Crippen molar-refractivity contribution in [3.05, 3.63) is 30.5 Å². The fraction of sp³-hybridized carbons (Fsp3) is 0.0833. The molecular formula is C12H8N2O4S. The number of hydrogen-bond donors (Lipinski definition) is 1. The molecule has 0 saturated carbocycles. The summed E-state index contributed by atoms with van der Waals surface area (Å²) in [6, 6.07) is 7.49. The highest BCUT2D eigenvalue weighted by molar-refractivity contribution is 7.99. The molecule has 1 N–H and O–H groups in total. The summed E-state index contributed by atoms with van der Waals surface area (Å²) in [5, 5.41) is 17.4. The van der Waals surface area contributed by atoms with E-state index >= 15 is 0 Å². The average Bonchev–Trinajstić information content (AvgIpc) is 3.02. The van der Waals surface area contributed by atoms with Crippen molar-refractivity contribution < 1.29 is 18.7 Å². The van der Waals surface area contributed by atoms with Crippen molar-refractivity contribution in [2.45, 2.75) is 5.22 Å². The van der Waals surface area contributed by atoms with Gasteiger partial charge in [-0.25, -0.2) is 0 Å². The number of thioether (sulfide) groups is 1. The number of benzene rings is 1. The van der Waals surface area contributed by atoms with Crippen LogP contribution in [-0.4, -0.2) is 27.0 Å². The molecule has 2 aromatic heterocycles. The van der Waals surface area contributed by atoms with Crippen LogP contribution < -0.4 is 0 Å². The molecule has 0 bridgehead atoms. The molecule has 6 nitrogen and oxygen atoms in total. The van der Waals surface area contributed by atoms with E-state index in [0.717, 1.165) is 22.7 Å². The van der Waals surface area contributed by atoms with Crippen LogP contribution in [0.1, 0.15) is 0 Å². The molecule has 19 heavy (non-hydrogen) atoms. The Morgan fingerprint density at radius 3 is 3.00 bits per heavy atom. The van der Waals surface area contributed by atoms with Gasteiger partial charge in [-0.3, -0.25) is 4.79 Å². The Morgan fingerprint density at radius 2 is 2.16 bits per heavy atom. The van der Waals surface area contributed by atoms with Crippen molar-refractivity contribution >= 4 is 28.7 Å². The highest BCUT2D eigenvalue weighted by atomic mass is 32.2. The Labute approximate surface area is 111 Å². The van der Waals surface area contributed by atoms with Crippen LogP contribution in [-0.2, 0) is 4.79 Å². The van der Waals surface area contributed by atoms with Gasteiger partial charge in [0.05, 0.1) is 5.56 Å². The Balaban J connectivity index is 1.92. The van der Waals surface area contributed by atoms with Crippen LogP contribution in [0.15, 0.2) is 44.6 Å². The number of nitrogens with zero attached hydrogens (tertiary/aromatic N) is 2. The lowest BCUT2D eigenvalue weighted by Crippen LogP contribution is -1.97. The van der Waals surface area contributed by atoms with E-state index in [9.17, 15) is 4.79 Å². The van der Waals surface area contributed by atoms with Crippen molar-refractivity contribution in [2.75, 3.05) is 5.75 Å². The number of hydrogen-bond acceptors (Lipinski definition) is 6. The van der Waals surface area contributed by atoms with Gasteiger partial charge in [0.25, 0.3) is 11.1 Å². The zero-order valence-electron chi connectivity index (χ0n) is 9.57. The fourth-order valence-electron chi connectivity index (χ4n) is 1.64. The number of furan rings is 1. The second-order valence-corrected chi connectivity index (χ2v) is 4.63. The van der Waals surface area contributed by atoms with Gasteiger partial charge < -0.3 is 13.9 Å². The van der Waals surface area contributed by atoms with E-state index in [1.165, 1.54) is 0 Å². The molecule has 0 aliphatic carbocycles. The number of aromatic nitrogens is 2. The second kappa shape index (κ2) is 4.77. The predicted molar refractivity (Wildman–Crippen MR) is 67.9 cm³/mol. The molecule has 2 heterocycles. The quantitative estimate of drug-likeness (QED) is 0.732. The summed E-state index contributed by atoms with van der Waals surface area (Å²) in [6.07, 6.45) is 1.55. The van der Waals surface area contributed by atoms with Crippen LogP contribution in [0.25, 0.3) is 22.4 Å². The Bertz CT molecular complexity index is 734. The number of rotatable bonds is 4. The van der Waals surface area contributed by atoms with Crippen LogP contribution in [0.5, 0.6) is 0 Å². The number of carbonyl (C=O) groups is 1. The molecule has 0 spiro atoms. The van der Waals surface area contributed by atoms with Crippen molar-refractivity contribution in [3.8, 4) is 11.5 Å². The third-order valence-corrected chi connectivity index (χ3v) is 3.24. The summed E-state index contributed by atoms with van der Waals surface area (Å²) in [5.41, 5.74) is 1.43. The molecule has 0 fully saturated rings. The Kier molecular flexibility index (Phi) is 2.96. The molecular weight excluding hydrogens is 268 g/mol. The van der Waals surface area contributed by atoms with Gasteiger partial charge in [0, 0.05) is 5.39 Å². The standard InChI is InChI=1S/C12H8N2O4S/c15-10(16)6-19-12-14-13-11(18-12)8-5-17-9-4-2-1-3-7(8)9/h1-5H,6H2,(H,15,16). The van der Waals surface area contributed by atoms with Gasteiger partial charge in [0.2, 0.25) is 0 Å². The largest absolute Gasteiger partial charge is 0.481 e. The average molecular weight is 276 g/mol. The van der Waals surface area contributed by atoms with E-state index in [1.54, 1.807) is 6.26 Å². The summed E-state index contributed by atoms with van der Waals surface area (Å²) >= 11 is 0.982. The van der Waals surface area contributed by atoms with Crippen molar-refractivity contribution in [2.24, 2.45) is 0 Å². The number of carboxylic acids is 1. The molecule has 3 aromatic rings. The van der Waals surface area contributed by atoms with E-state index < -0.39 is 5.97 Å². The fourth-order valence-corrected chi connectivity index (χ4v) is 2.13. The van der Waals surface area contributed by atoms with Gasteiger partial charge in [-0.2, -0.15) is 0 Å². The van der Waals surface area contributed by atoms with Gasteiger partial charge in [-0.1, -0.05) is 30.0 Å². The van der Waals surface area contributed by atoms with E-state index in [0.29, 0.717) is 11.5 Å². The zero-order chi connectivity index (χ0) is 13.2. The van der Waals surface area contributed by atoms with Gasteiger partial charge in [-0.05, 0) is 6.07 Å². The van der Waals surface area contributed by atoms with E-state index in [2.05, 4.69) is 10.2 Å². The second-order valence-electron chi connectivity index (χ2n) is 3.70. The molecule has 0 radical (unpaired) electrons. The molecule has 3 rings (SSSR count). The molecule has 0 aliphatic rings. The molecule has 7 heteroatoms. The van der Waals surface area contributed by atoms with E-state index in [-0.39, 0.29) is 11.0 Å². The predicted octanol–water partition coefficient (Wildman–Crippen LogP) is 2.66. The monoisotopic (exact) mass is 276 g/mol.